The van der Waals surface area contributed by atoms with E-state index in [9.17, 15) is 14.7 Å². The molecule has 2 heterocycles. The van der Waals surface area contributed by atoms with Crippen LogP contribution in [-0.4, -0.2) is 28.0 Å². The number of pyridine rings is 1. The number of aliphatic carboxylic acids is 1. The van der Waals surface area contributed by atoms with Crippen molar-refractivity contribution < 1.29 is 14.6 Å². The molecule has 1 N–H and O–H groups in total. The molecule has 6 heteroatoms. The highest BCUT2D eigenvalue weighted by molar-refractivity contribution is 7.99. The highest BCUT2D eigenvalue weighted by Crippen LogP contribution is 2.42. The number of hydrogen-bond acceptors (Lipinski definition) is 4. The zero-order chi connectivity index (χ0) is 20.5. The molecule has 0 spiro atoms. The van der Waals surface area contributed by atoms with E-state index in [1.807, 2.05) is 0 Å². The molecule has 2 aliphatic carbocycles. The summed E-state index contributed by atoms with van der Waals surface area (Å²) in [5.41, 5.74) is 1.80. The van der Waals surface area contributed by atoms with Gasteiger partial charge in [0.2, 0.25) is 0 Å². The van der Waals surface area contributed by atoms with Gasteiger partial charge in [0.05, 0.1) is 6.61 Å². The Morgan fingerprint density at radius 2 is 2.03 bits per heavy atom. The summed E-state index contributed by atoms with van der Waals surface area (Å²) in [7, 11) is 0. The fourth-order valence-electron chi connectivity index (χ4n) is 4.01. The van der Waals surface area contributed by atoms with Gasteiger partial charge in [0, 0.05) is 29.2 Å². The van der Waals surface area contributed by atoms with Gasteiger partial charge in [-0.05, 0) is 12.3 Å². The van der Waals surface area contributed by atoms with E-state index in [1.165, 1.54) is 21.9 Å². The van der Waals surface area contributed by atoms with Crippen molar-refractivity contribution in [3.8, 4) is 5.75 Å². The molecule has 0 bridgehead atoms. The second-order valence-corrected chi connectivity index (χ2v) is 9.07. The highest BCUT2D eigenvalue weighted by atomic mass is 32.2. The van der Waals surface area contributed by atoms with Gasteiger partial charge in [0.15, 0.2) is 5.75 Å². The first kappa shape index (κ1) is 19.8. The summed E-state index contributed by atoms with van der Waals surface area (Å²) in [4.78, 5) is 24.4. The summed E-state index contributed by atoms with van der Waals surface area (Å²) >= 11 is 1.39. The molecule has 0 saturated heterocycles. The molecular formula is C23H25NO4S. The Labute approximate surface area is 174 Å². The first-order chi connectivity index (χ1) is 14.0. The molecule has 3 aliphatic rings. The Morgan fingerprint density at radius 1 is 1.28 bits per heavy atom. The molecule has 152 valence electrons. The largest absolute Gasteiger partial charge is 0.490 e. The highest BCUT2D eigenvalue weighted by Gasteiger charge is 2.34. The number of allylic oxidation sites excluding steroid dienone is 8. The summed E-state index contributed by atoms with van der Waals surface area (Å²) in [5, 5.41) is 10.2. The summed E-state index contributed by atoms with van der Waals surface area (Å²) < 4.78 is 7.53. The van der Waals surface area contributed by atoms with Gasteiger partial charge < -0.3 is 9.84 Å². The molecule has 1 aromatic heterocycles. The summed E-state index contributed by atoms with van der Waals surface area (Å²) in [6.07, 6.45) is 15.5. The lowest BCUT2D eigenvalue weighted by molar-refractivity contribution is -0.140. The van der Waals surface area contributed by atoms with E-state index < -0.39 is 12.0 Å². The zero-order valence-electron chi connectivity index (χ0n) is 16.6. The van der Waals surface area contributed by atoms with Gasteiger partial charge in [-0.2, -0.15) is 0 Å². The Bertz CT molecular complexity index is 999. The number of rotatable bonds is 6. The average Bonchev–Trinajstić information content (AvgIpc) is 3.14. The number of hydrogen-bond donors (Lipinski definition) is 1. The third kappa shape index (κ3) is 3.86. The maximum atomic E-state index is 12.8. The molecule has 0 aromatic carbocycles. The van der Waals surface area contributed by atoms with Gasteiger partial charge in [-0.15, -0.1) is 11.8 Å². The average molecular weight is 412 g/mol. The minimum atomic E-state index is -0.983. The quantitative estimate of drug-likeness (QED) is 0.766. The SMILES string of the molecule is CC(C)COc1c(CC2=CC=CC3C=CC=CC23)cc(=O)n2c1SC[C@H]2C(=O)O. The third-order valence-corrected chi connectivity index (χ3v) is 6.56. The van der Waals surface area contributed by atoms with Crippen molar-refractivity contribution in [1.82, 2.24) is 4.57 Å². The van der Waals surface area contributed by atoms with Crippen molar-refractivity contribution in [1.29, 1.82) is 0 Å². The van der Waals surface area contributed by atoms with Crippen LogP contribution in [0.2, 0.25) is 0 Å². The second-order valence-electron chi connectivity index (χ2n) is 8.06. The number of carboxylic acid groups (broad SMARTS) is 1. The van der Waals surface area contributed by atoms with Crippen molar-refractivity contribution in [2.45, 2.75) is 31.3 Å². The number of aromatic nitrogens is 1. The summed E-state index contributed by atoms with van der Waals surface area (Å²) in [5.74, 6) is 0.956. The fraction of sp³-hybridized carbons (Fsp3) is 0.391. The molecular weight excluding hydrogens is 386 g/mol. The predicted octanol–water partition coefficient (Wildman–Crippen LogP) is 4.01. The van der Waals surface area contributed by atoms with Gasteiger partial charge >= 0.3 is 5.97 Å². The van der Waals surface area contributed by atoms with Crippen LogP contribution in [0.4, 0.5) is 0 Å². The summed E-state index contributed by atoms with van der Waals surface area (Å²) in [6, 6.07) is 0.725. The number of carboxylic acids is 1. The fourth-order valence-corrected chi connectivity index (χ4v) is 5.29. The van der Waals surface area contributed by atoms with Gasteiger partial charge in [-0.1, -0.05) is 62.0 Å². The number of thioether (sulfide) groups is 1. The maximum Gasteiger partial charge on any atom is 0.327 e. The molecule has 1 aromatic rings. The number of fused-ring (bicyclic) bond motifs is 2. The first-order valence-corrected chi connectivity index (χ1v) is 10.9. The van der Waals surface area contributed by atoms with Crippen molar-refractivity contribution in [3.05, 3.63) is 70.1 Å². The molecule has 4 rings (SSSR count). The van der Waals surface area contributed by atoms with Crippen LogP contribution in [0.3, 0.4) is 0 Å². The molecule has 0 amide bonds. The maximum absolute atomic E-state index is 12.8. The first-order valence-electron chi connectivity index (χ1n) is 9.94. The minimum absolute atomic E-state index is 0.271. The number of carbonyl (C=O) groups is 1. The lowest BCUT2D eigenvalue weighted by atomic mass is 9.77. The molecule has 29 heavy (non-hydrogen) atoms. The molecule has 0 radical (unpaired) electrons. The molecule has 0 fully saturated rings. The Morgan fingerprint density at radius 3 is 2.79 bits per heavy atom. The lowest BCUT2D eigenvalue weighted by Crippen LogP contribution is -2.29. The van der Waals surface area contributed by atoms with Gasteiger partial charge in [0.25, 0.3) is 5.56 Å². The van der Waals surface area contributed by atoms with Crippen molar-refractivity contribution in [3.63, 3.8) is 0 Å². The van der Waals surface area contributed by atoms with Crippen molar-refractivity contribution >= 4 is 17.7 Å². The van der Waals surface area contributed by atoms with Crippen LogP contribution in [0.15, 0.2) is 64.0 Å². The Balaban J connectivity index is 1.74. The zero-order valence-corrected chi connectivity index (χ0v) is 17.4. The van der Waals surface area contributed by atoms with Crippen LogP contribution in [0, 0.1) is 17.8 Å². The van der Waals surface area contributed by atoms with Crippen molar-refractivity contribution in [2.75, 3.05) is 12.4 Å². The second kappa shape index (κ2) is 8.11. The Kier molecular flexibility index (Phi) is 5.54. The third-order valence-electron chi connectivity index (χ3n) is 5.42. The van der Waals surface area contributed by atoms with Crippen LogP contribution < -0.4 is 10.3 Å². The predicted molar refractivity (Wildman–Crippen MR) is 115 cm³/mol. The molecule has 3 atom stereocenters. The molecule has 5 nitrogen and oxygen atoms in total. The van der Waals surface area contributed by atoms with E-state index in [4.69, 9.17) is 4.74 Å². The number of ether oxygens (including phenoxy) is 1. The van der Waals surface area contributed by atoms with E-state index in [-0.39, 0.29) is 11.5 Å². The van der Waals surface area contributed by atoms with E-state index in [0.29, 0.717) is 41.4 Å². The summed E-state index contributed by atoms with van der Waals surface area (Å²) in [6.45, 7) is 4.66. The smallest absolute Gasteiger partial charge is 0.327 e. The molecule has 1 aliphatic heterocycles. The van der Waals surface area contributed by atoms with Crippen LogP contribution >= 0.6 is 11.8 Å². The van der Waals surface area contributed by atoms with Crippen LogP contribution in [0.5, 0.6) is 5.75 Å². The van der Waals surface area contributed by atoms with Gasteiger partial charge in [0.1, 0.15) is 11.1 Å². The van der Waals surface area contributed by atoms with Crippen LogP contribution in [0.25, 0.3) is 0 Å². The minimum Gasteiger partial charge on any atom is -0.490 e. The standard InChI is InChI=1S/C23H25NO4S/c1-14(2)12-28-21-17(10-16-8-5-7-15-6-3-4-9-18(15)16)11-20(25)24-19(23(26)27)13-29-22(21)24/h3-9,11,14-15,18-19H,10,12-13H2,1-2H3,(H,26,27)/t15?,18?,19-/m0/s1. The van der Waals surface area contributed by atoms with E-state index in [2.05, 4.69) is 56.4 Å². The normalized spacial score (nSPS) is 24.4. The van der Waals surface area contributed by atoms with Crippen molar-refractivity contribution in [2.24, 2.45) is 17.8 Å². The van der Waals surface area contributed by atoms with E-state index in [1.54, 1.807) is 6.07 Å². The van der Waals surface area contributed by atoms with E-state index in [0.717, 1.165) is 5.56 Å². The molecule has 0 saturated carbocycles. The number of nitrogens with zero attached hydrogens (tertiary/aromatic N) is 1. The van der Waals surface area contributed by atoms with E-state index >= 15 is 0 Å². The Hall–Kier alpha value is -2.47. The van der Waals surface area contributed by atoms with Crippen LogP contribution in [0.1, 0.15) is 25.5 Å². The molecule has 2 unspecified atom stereocenters. The van der Waals surface area contributed by atoms with Gasteiger partial charge in [-0.3, -0.25) is 9.36 Å². The van der Waals surface area contributed by atoms with Crippen LogP contribution in [-0.2, 0) is 11.2 Å². The lowest BCUT2D eigenvalue weighted by Gasteiger charge is -2.28. The van der Waals surface area contributed by atoms with Gasteiger partial charge in [-0.25, -0.2) is 4.79 Å². The monoisotopic (exact) mass is 411 g/mol. The topological polar surface area (TPSA) is 68.5 Å².